The fourth-order valence-electron chi connectivity index (χ4n) is 3.78. The van der Waals surface area contributed by atoms with Crippen molar-refractivity contribution in [1.29, 1.82) is 0 Å². The predicted molar refractivity (Wildman–Crippen MR) is 108 cm³/mol. The van der Waals surface area contributed by atoms with E-state index < -0.39 is 0 Å². The predicted octanol–water partition coefficient (Wildman–Crippen LogP) is 3.45. The van der Waals surface area contributed by atoms with Crippen LogP contribution in [0.4, 0.5) is 0 Å². The Morgan fingerprint density at radius 3 is 2.79 bits per heavy atom. The zero-order valence-electron chi connectivity index (χ0n) is 15.7. The van der Waals surface area contributed by atoms with Gasteiger partial charge < -0.3 is 14.9 Å². The van der Waals surface area contributed by atoms with Crippen LogP contribution in [0.2, 0.25) is 0 Å². The van der Waals surface area contributed by atoms with Gasteiger partial charge in [0.05, 0.1) is 17.9 Å². The van der Waals surface area contributed by atoms with Crippen molar-refractivity contribution in [2.75, 3.05) is 6.54 Å². The van der Waals surface area contributed by atoms with E-state index >= 15 is 0 Å². The number of pyridine rings is 1. The molecular formula is C22H24N4O2. The molecular weight excluding hydrogens is 352 g/mol. The molecule has 1 aliphatic heterocycles. The molecule has 2 N–H and O–H groups in total. The summed E-state index contributed by atoms with van der Waals surface area (Å²) >= 11 is 0. The summed E-state index contributed by atoms with van der Waals surface area (Å²) in [6.45, 7) is 0.760. The van der Waals surface area contributed by atoms with E-state index in [2.05, 4.69) is 15.0 Å². The van der Waals surface area contributed by atoms with Gasteiger partial charge in [-0.1, -0.05) is 36.4 Å². The molecule has 3 heterocycles. The maximum atomic E-state index is 12.9. The molecule has 3 aromatic rings. The topological polar surface area (TPSA) is 81.8 Å². The molecule has 1 atom stereocenters. The number of hydrogen-bond acceptors (Lipinski definition) is 3. The number of aromatic nitrogens is 3. The summed E-state index contributed by atoms with van der Waals surface area (Å²) in [6.07, 6.45) is 7.61. The molecule has 6 heteroatoms. The molecule has 0 saturated carbocycles. The maximum Gasteiger partial charge on any atom is 0.247 e. The molecule has 144 valence electrons. The van der Waals surface area contributed by atoms with Crippen LogP contribution in [0, 0.1) is 0 Å². The van der Waals surface area contributed by atoms with Gasteiger partial charge in [-0.25, -0.2) is 4.98 Å². The quantitative estimate of drug-likeness (QED) is 0.715. The van der Waals surface area contributed by atoms with Crippen LogP contribution in [-0.2, 0) is 11.2 Å². The van der Waals surface area contributed by atoms with Crippen LogP contribution >= 0.6 is 0 Å². The lowest BCUT2D eigenvalue weighted by Gasteiger charge is -2.34. The summed E-state index contributed by atoms with van der Waals surface area (Å²) in [6, 6.07) is 13.4. The molecule has 28 heavy (non-hydrogen) atoms. The highest BCUT2D eigenvalue weighted by molar-refractivity contribution is 5.77. The number of carbonyl (C=O) groups is 1. The van der Waals surface area contributed by atoms with Crippen LogP contribution in [-0.4, -0.2) is 32.3 Å². The van der Waals surface area contributed by atoms with Crippen molar-refractivity contribution in [3.05, 3.63) is 76.6 Å². The van der Waals surface area contributed by atoms with E-state index in [0.717, 1.165) is 48.5 Å². The highest BCUT2D eigenvalue weighted by atomic mass is 16.2. The van der Waals surface area contributed by atoms with Crippen LogP contribution in [0.25, 0.3) is 11.3 Å². The average molecular weight is 376 g/mol. The molecule has 0 spiro atoms. The number of piperidine rings is 1. The zero-order valence-corrected chi connectivity index (χ0v) is 15.7. The molecule has 1 unspecified atom stereocenters. The summed E-state index contributed by atoms with van der Waals surface area (Å²) in [7, 11) is 0. The van der Waals surface area contributed by atoms with Crippen LogP contribution in [0.3, 0.4) is 0 Å². The van der Waals surface area contributed by atoms with Crippen molar-refractivity contribution < 1.29 is 4.79 Å². The Labute approximate surface area is 163 Å². The number of likely N-dealkylation sites (tertiary alicyclic amines) is 1. The second-order valence-corrected chi connectivity index (χ2v) is 7.21. The minimum absolute atomic E-state index is 0.00528. The van der Waals surface area contributed by atoms with E-state index in [1.807, 2.05) is 41.4 Å². The monoisotopic (exact) mass is 376 g/mol. The van der Waals surface area contributed by atoms with Gasteiger partial charge in [0, 0.05) is 25.2 Å². The third-order valence-electron chi connectivity index (χ3n) is 5.30. The first kappa shape index (κ1) is 18.2. The molecule has 1 saturated heterocycles. The third kappa shape index (κ3) is 4.06. The smallest absolute Gasteiger partial charge is 0.247 e. The number of aromatic amines is 2. The molecule has 1 aliphatic rings. The first-order valence-corrected chi connectivity index (χ1v) is 9.78. The van der Waals surface area contributed by atoms with E-state index in [1.54, 1.807) is 12.3 Å². The maximum absolute atomic E-state index is 12.9. The Bertz CT molecular complexity index is 973. The molecule has 0 bridgehead atoms. The van der Waals surface area contributed by atoms with Crippen molar-refractivity contribution in [3.8, 4) is 11.3 Å². The Kier molecular flexibility index (Phi) is 5.37. The van der Waals surface area contributed by atoms with Crippen molar-refractivity contribution in [2.24, 2.45) is 0 Å². The molecule has 1 amide bonds. The number of benzene rings is 1. The van der Waals surface area contributed by atoms with Gasteiger partial charge in [0.1, 0.15) is 5.82 Å². The van der Waals surface area contributed by atoms with Gasteiger partial charge in [-0.3, -0.25) is 9.59 Å². The van der Waals surface area contributed by atoms with Gasteiger partial charge in [-0.2, -0.15) is 0 Å². The van der Waals surface area contributed by atoms with Crippen LogP contribution in [0.5, 0.6) is 0 Å². The summed E-state index contributed by atoms with van der Waals surface area (Å²) in [5.41, 5.74) is 2.90. The van der Waals surface area contributed by atoms with Gasteiger partial charge in [0.25, 0.3) is 0 Å². The molecule has 0 radical (unpaired) electrons. The number of imidazole rings is 1. The number of aryl methyl sites for hydroxylation is 1. The number of hydrogen-bond donors (Lipinski definition) is 2. The second kappa shape index (κ2) is 8.25. The molecule has 1 fully saturated rings. The highest BCUT2D eigenvalue weighted by Crippen LogP contribution is 2.31. The fourth-order valence-corrected chi connectivity index (χ4v) is 3.78. The van der Waals surface area contributed by atoms with Crippen molar-refractivity contribution in [2.45, 2.75) is 38.1 Å². The van der Waals surface area contributed by atoms with E-state index in [-0.39, 0.29) is 17.5 Å². The first-order chi connectivity index (χ1) is 13.7. The van der Waals surface area contributed by atoms with Crippen molar-refractivity contribution in [1.82, 2.24) is 19.9 Å². The summed E-state index contributed by atoms with van der Waals surface area (Å²) < 4.78 is 0. The van der Waals surface area contributed by atoms with Gasteiger partial charge in [0.2, 0.25) is 11.5 Å². The Morgan fingerprint density at radius 2 is 2.00 bits per heavy atom. The molecule has 0 aliphatic carbocycles. The zero-order chi connectivity index (χ0) is 19.3. The second-order valence-electron chi connectivity index (χ2n) is 7.21. The lowest BCUT2D eigenvalue weighted by Crippen LogP contribution is -2.39. The Morgan fingerprint density at radius 1 is 1.14 bits per heavy atom. The van der Waals surface area contributed by atoms with Gasteiger partial charge in [0.15, 0.2) is 0 Å². The molecule has 2 aromatic heterocycles. The molecule has 6 nitrogen and oxygen atoms in total. The summed E-state index contributed by atoms with van der Waals surface area (Å²) in [5, 5.41) is 0. The first-order valence-electron chi connectivity index (χ1n) is 9.78. The van der Waals surface area contributed by atoms with E-state index in [9.17, 15) is 9.59 Å². The normalized spacial score (nSPS) is 16.9. The number of H-pyrrole nitrogens is 2. The van der Waals surface area contributed by atoms with Gasteiger partial charge >= 0.3 is 0 Å². The Balaban J connectivity index is 1.47. The minimum atomic E-state index is -0.127. The molecule has 1 aromatic carbocycles. The van der Waals surface area contributed by atoms with Crippen molar-refractivity contribution >= 4 is 5.91 Å². The van der Waals surface area contributed by atoms with Crippen molar-refractivity contribution in [3.63, 3.8) is 0 Å². The van der Waals surface area contributed by atoms with E-state index in [0.29, 0.717) is 12.8 Å². The largest absolute Gasteiger partial charge is 0.340 e. The lowest BCUT2D eigenvalue weighted by molar-refractivity contribution is -0.135. The number of amides is 1. The van der Waals surface area contributed by atoms with E-state index in [4.69, 9.17) is 0 Å². The lowest BCUT2D eigenvalue weighted by atomic mass is 10.0. The minimum Gasteiger partial charge on any atom is -0.340 e. The van der Waals surface area contributed by atoms with Crippen LogP contribution in [0.15, 0.2) is 59.7 Å². The number of nitrogens with zero attached hydrogens (tertiary/aromatic N) is 2. The standard InChI is InChI=1S/C22H24N4O2/c27-20-11-9-16(14-23-20)10-12-21(28)26-13-5-4-8-19(26)22-24-15-18(25-22)17-6-2-1-3-7-17/h1-3,6-7,9,11,14-15,19H,4-5,8,10,12-13H2,(H,23,27)(H,24,25). The van der Waals surface area contributed by atoms with E-state index in [1.165, 1.54) is 6.07 Å². The van der Waals surface area contributed by atoms with Gasteiger partial charge in [-0.05, 0) is 36.8 Å². The average Bonchev–Trinajstić information content (AvgIpc) is 3.24. The Hall–Kier alpha value is -3.15. The number of rotatable bonds is 5. The summed E-state index contributed by atoms with van der Waals surface area (Å²) in [5.74, 6) is 0.990. The van der Waals surface area contributed by atoms with Gasteiger partial charge in [-0.15, -0.1) is 0 Å². The molecule has 4 rings (SSSR count). The number of nitrogens with one attached hydrogen (secondary N) is 2. The highest BCUT2D eigenvalue weighted by Gasteiger charge is 2.29. The van der Waals surface area contributed by atoms with Crippen LogP contribution < -0.4 is 5.56 Å². The number of carbonyl (C=O) groups excluding carboxylic acids is 1. The SMILES string of the molecule is O=C(CCc1ccc(=O)[nH]c1)N1CCCCC1c1ncc(-c2ccccc2)[nH]1. The fraction of sp³-hybridized carbons (Fsp3) is 0.318. The third-order valence-corrected chi connectivity index (χ3v) is 5.30. The van der Waals surface area contributed by atoms with Crippen LogP contribution in [0.1, 0.15) is 43.1 Å². The summed E-state index contributed by atoms with van der Waals surface area (Å²) in [4.78, 5) is 36.7.